The van der Waals surface area contributed by atoms with Gasteiger partial charge in [0.05, 0.1) is 0 Å². The van der Waals surface area contributed by atoms with Crippen molar-refractivity contribution >= 4 is 11.1 Å². The average molecular weight is 181 g/mol. The number of halogens is 1. The maximum atomic E-state index is 12.2. The summed E-state index contributed by atoms with van der Waals surface area (Å²) in [6.45, 7) is -0.759. The normalized spacial score (nSPS) is 10.9. The largest absolute Gasteiger partial charge is 0.438 e. The first kappa shape index (κ1) is 8.19. The van der Waals surface area contributed by atoms with E-state index in [9.17, 15) is 4.39 Å². The number of oxazole rings is 1. The molecule has 2 aromatic rings. The maximum absolute atomic E-state index is 12.2. The lowest BCUT2D eigenvalue weighted by Crippen LogP contribution is -1.79. The predicted molar refractivity (Wildman–Crippen MR) is 44.7 cm³/mol. The van der Waals surface area contributed by atoms with Crippen LogP contribution in [0, 0.1) is 0 Å². The smallest absolute Gasteiger partial charge is 0.221 e. The average Bonchev–Trinajstić information content (AvgIpc) is 2.58. The van der Waals surface area contributed by atoms with Crippen molar-refractivity contribution in [2.24, 2.45) is 0 Å². The van der Waals surface area contributed by atoms with Gasteiger partial charge >= 0.3 is 0 Å². The second kappa shape index (κ2) is 3.14. The van der Waals surface area contributed by atoms with Gasteiger partial charge in [0.1, 0.15) is 18.8 Å². The van der Waals surface area contributed by atoms with E-state index in [0.29, 0.717) is 16.7 Å². The second-order valence-corrected chi connectivity index (χ2v) is 2.70. The van der Waals surface area contributed by atoms with Crippen molar-refractivity contribution in [3.63, 3.8) is 0 Å². The summed E-state index contributed by atoms with van der Waals surface area (Å²) in [5, 5.41) is 8.73. The van der Waals surface area contributed by atoms with E-state index in [1.54, 1.807) is 18.2 Å². The molecule has 1 aromatic heterocycles. The Balaban J connectivity index is 2.57. The Labute approximate surface area is 73.8 Å². The molecule has 0 aliphatic heterocycles. The van der Waals surface area contributed by atoms with Gasteiger partial charge in [0.15, 0.2) is 5.58 Å². The molecule has 1 N–H and O–H groups in total. The van der Waals surface area contributed by atoms with E-state index in [-0.39, 0.29) is 12.5 Å². The number of aromatic nitrogens is 1. The third-order valence-electron chi connectivity index (χ3n) is 1.79. The van der Waals surface area contributed by atoms with Gasteiger partial charge in [-0.3, -0.25) is 0 Å². The van der Waals surface area contributed by atoms with Crippen LogP contribution >= 0.6 is 0 Å². The number of alkyl halides is 1. The molecule has 0 radical (unpaired) electrons. The molecule has 0 saturated heterocycles. The molecule has 2 rings (SSSR count). The molecule has 0 saturated carbocycles. The summed E-state index contributed by atoms with van der Waals surface area (Å²) in [7, 11) is 0. The van der Waals surface area contributed by atoms with E-state index >= 15 is 0 Å². The number of fused-ring (bicyclic) bond motifs is 1. The van der Waals surface area contributed by atoms with E-state index in [2.05, 4.69) is 4.98 Å². The van der Waals surface area contributed by atoms with Crippen molar-refractivity contribution in [3.05, 3.63) is 29.7 Å². The number of rotatable bonds is 2. The molecule has 4 heteroatoms. The van der Waals surface area contributed by atoms with Crippen molar-refractivity contribution in [2.75, 3.05) is 0 Å². The zero-order valence-electron chi connectivity index (χ0n) is 6.83. The van der Waals surface area contributed by atoms with Crippen molar-refractivity contribution < 1.29 is 13.9 Å². The van der Waals surface area contributed by atoms with Crippen molar-refractivity contribution in [2.45, 2.75) is 13.3 Å². The SMILES string of the molecule is OCc1nc2ccc(CF)cc2o1. The first-order valence-electron chi connectivity index (χ1n) is 3.88. The number of aliphatic hydroxyl groups excluding tert-OH is 1. The Morgan fingerprint density at radius 1 is 1.46 bits per heavy atom. The molecule has 0 unspecified atom stereocenters. The van der Waals surface area contributed by atoms with Crippen molar-refractivity contribution in [1.29, 1.82) is 0 Å². The van der Waals surface area contributed by atoms with Gasteiger partial charge in [-0.2, -0.15) is 0 Å². The number of hydrogen-bond donors (Lipinski definition) is 1. The van der Waals surface area contributed by atoms with Gasteiger partial charge in [-0.1, -0.05) is 6.07 Å². The molecule has 0 fully saturated rings. The third kappa shape index (κ3) is 1.40. The fourth-order valence-corrected chi connectivity index (χ4v) is 1.17. The van der Waals surface area contributed by atoms with Gasteiger partial charge in [0, 0.05) is 0 Å². The van der Waals surface area contributed by atoms with E-state index in [1.165, 1.54) is 0 Å². The number of hydrogen-bond acceptors (Lipinski definition) is 3. The van der Waals surface area contributed by atoms with E-state index < -0.39 is 6.67 Å². The Morgan fingerprint density at radius 3 is 3.00 bits per heavy atom. The van der Waals surface area contributed by atoms with Gasteiger partial charge in [0.25, 0.3) is 0 Å². The highest BCUT2D eigenvalue weighted by molar-refractivity contribution is 5.73. The zero-order valence-corrected chi connectivity index (χ0v) is 6.83. The number of nitrogens with zero attached hydrogens (tertiary/aromatic N) is 1. The highest BCUT2D eigenvalue weighted by atomic mass is 19.1. The zero-order chi connectivity index (χ0) is 9.26. The molecule has 0 aliphatic rings. The second-order valence-electron chi connectivity index (χ2n) is 2.70. The van der Waals surface area contributed by atoms with Crippen molar-refractivity contribution in [1.82, 2.24) is 4.98 Å². The summed E-state index contributed by atoms with van der Waals surface area (Å²) >= 11 is 0. The molecule has 0 atom stereocenters. The van der Waals surface area contributed by atoms with Crippen LogP contribution in [0.25, 0.3) is 11.1 Å². The minimum absolute atomic E-state index is 0.236. The standard InChI is InChI=1S/C9H8FNO2/c10-4-6-1-2-7-8(3-6)13-9(5-12)11-7/h1-3,12H,4-5H2. The molecule has 0 bridgehead atoms. The van der Waals surface area contributed by atoms with E-state index in [0.717, 1.165) is 0 Å². The molecule has 0 amide bonds. The van der Waals surface area contributed by atoms with Gasteiger partial charge in [0.2, 0.25) is 5.89 Å². The van der Waals surface area contributed by atoms with Gasteiger partial charge < -0.3 is 9.52 Å². The first-order valence-corrected chi connectivity index (χ1v) is 3.88. The quantitative estimate of drug-likeness (QED) is 0.768. The maximum Gasteiger partial charge on any atom is 0.221 e. The molecule has 13 heavy (non-hydrogen) atoms. The Kier molecular flexibility index (Phi) is 1.98. The number of aliphatic hydroxyl groups is 1. The lowest BCUT2D eigenvalue weighted by molar-refractivity contribution is 0.244. The monoisotopic (exact) mass is 181 g/mol. The third-order valence-corrected chi connectivity index (χ3v) is 1.79. The van der Waals surface area contributed by atoms with Gasteiger partial charge in [-0.15, -0.1) is 0 Å². The highest BCUT2D eigenvalue weighted by Crippen LogP contribution is 2.17. The molecule has 68 valence electrons. The minimum Gasteiger partial charge on any atom is -0.438 e. The Bertz CT molecular complexity index is 422. The van der Waals surface area contributed by atoms with Crippen LogP contribution in [0.1, 0.15) is 11.5 Å². The van der Waals surface area contributed by atoms with Crippen LogP contribution in [0.3, 0.4) is 0 Å². The Morgan fingerprint density at radius 2 is 2.31 bits per heavy atom. The van der Waals surface area contributed by atoms with Crippen LogP contribution in [0.2, 0.25) is 0 Å². The summed E-state index contributed by atoms with van der Waals surface area (Å²) in [6.07, 6.45) is 0. The molecule has 1 aromatic carbocycles. The van der Waals surface area contributed by atoms with Crippen LogP contribution in [0.5, 0.6) is 0 Å². The van der Waals surface area contributed by atoms with Crippen molar-refractivity contribution in [3.8, 4) is 0 Å². The lowest BCUT2D eigenvalue weighted by Gasteiger charge is -1.90. The Hall–Kier alpha value is -1.42. The van der Waals surface area contributed by atoms with Gasteiger partial charge in [-0.05, 0) is 17.7 Å². The van der Waals surface area contributed by atoms with E-state index in [1.807, 2.05) is 0 Å². The van der Waals surface area contributed by atoms with E-state index in [4.69, 9.17) is 9.52 Å². The summed E-state index contributed by atoms with van der Waals surface area (Å²) in [5.74, 6) is 0.256. The molecular formula is C9H8FNO2. The first-order chi connectivity index (χ1) is 6.33. The lowest BCUT2D eigenvalue weighted by atomic mass is 10.2. The summed E-state index contributed by atoms with van der Waals surface area (Å²) in [5.41, 5.74) is 1.70. The predicted octanol–water partition coefficient (Wildman–Crippen LogP) is 1.79. The molecule has 1 heterocycles. The fraction of sp³-hybridized carbons (Fsp3) is 0.222. The fourth-order valence-electron chi connectivity index (χ4n) is 1.17. The molecule has 0 aliphatic carbocycles. The summed E-state index contributed by atoms with van der Waals surface area (Å²) < 4.78 is 17.4. The van der Waals surface area contributed by atoms with Crippen LogP contribution < -0.4 is 0 Å². The van der Waals surface area contributed by atoms with Crippen LogP contribution in [-0.2, 0) is 13.3 Å². The topological polar surface area (TPSA) is 46.3 Å². The van der Waals surface area contributed by atoms with Crippen LogP contribution in [0.15, 0.2) is 22.6 Å². The molecule has 0 spiro atoms. The highest BCUT2D eigenvalue weighted by Gasteiger charge is 2.04. The molecule has 3 nitrogen and oxygen atoms in total. The molecular weight excluding hydrogens is 173 g/mol. The number of benzene rings is 1. The van der Waals surface area contributed by atoms with Gasteiger partial charge in [-0.25, -0.2) is 9.37 Å². The summed E-state index contributed by atoms with van der Waals surface area (Å²) in [4.78, 5) is 3.97. The summed E-state index contributed by atoms with van der Waals surface area (Å²) in [6, 6.07) is 4.90. The van der Waals surface area contributed by atoms with Crippen LogP contribution in [0.4, 0.5) is 4.39 Å². The van der Waals surface area contributed by atoms with Crippen LogP contribution in [-0.4, -0.2) is 10.1 Å². The minimum atomic E-state index is -0.523.